The smallest absolute Gasteiger partial charge is 0.400 e. The predicted octanol–water partition coefficient (Wildman–Crippen LogP) is 3.91. The molecule has 2 nitrogen and oxygen atoms in total. The van der Waals surface area contributed by atoms with Crippen LogP contribution in [0.1, 0.15) is 33.3 Å². The highest BCUT2D eigenvalue weighted by molar-refractivity contribution is 7.80. The van der Waals surface area contributed by atoms with Crippen molar-refractivity contribution in [2.45, 2.75) is 38.9 Å². The third kappa shape index (κ3) is 3.33. The Balaban J connectivity index is 2.31. The fraction of sp³-hybridized carbons (Fsp3) is 0.467. The first-order valence-corrected chi connectivity index (χ1v) is 7.41. The fourth-order valence-electron chi connectivity index (χ4n) is 2.00. The molecule has 1 heterocycles. The molecule has 1 aromatic carbocycles. The Kier molecular flexibility index (Phi) is 4.52. The van der Waals surface area contributed by atoms with E-state index in [1.165, 1.54) is 12.1 Å². The molecule has 6 heteroatoms. The van der Waals surface area contributed by atoms with E-state index in [0.717, 1.165) is 6.07 Å². The molecule has 114 valence electrons. The summed E-state index contributed by atoms with van der Waals surface area (Å²) in [5, 5.41) is 0. The Morgan fingerprint density at radius 2 is 1.76 bits per heavy atom. The molecule has 1 aliphatic heterocycles. The largest absolute Gasteiger partial charge is 0.491 e. The lowest BCUT2D eigenvalue weighted by Gasteiger charge is -2.32. The quantitative estimate of drug-likeness (QED) is 0.674. The molecule has 2 rings (SSSR count). The van der Waals surface area contributed by atoms with Crippen molar-refractivity contribution >= 4 is 25.8 Å². The fourth-order valence-corrected chi connectivity index (χ4v) is 2.24. The van der Waals surface area contributed by atoms with Gasteiger partial charge in [0.1, 0.15) is 11.6 Å². The van der Waals surface area contributed by atoms with Crippen molar-refractivity contribution in [3.05, 3.63) is 40.9 Å². The van der Waals surface area contributed by atoms with Crippen molar-refractivity contribution in [1.82, 2.24) is 0 Å². The average molecular weight is 312 g/mol. The maximum atomic E-state index is 13.7. The van der Waals surface area contributed by atoms with Crippen molar-refractivity contribution in [1.29, 1.82) is 0 Å². The van der Waals surface area contributed by atoms with E-state index in [4.69, 9.17) is 9.31 Å². The monoisotopic (exact) mass is 312 g/mol. The summed E-state index contributed by atoms with van der Waals surface area (Å²) in [5.41, 5.74) is 0.0416. The van der Waals surface area contributed by atoms with Crippen molar-refractivity contribution < 1.29 is 18.1 Å². The third-order valence-corrected chi connectivity index (χ3v) is 4.41. The van der Waals surface area contributed by atoms with E-state index in [0.29, 0.717) is 11.2 Å². The minimum Gasteiger partial charge on any atom is -0.400 e. The van der Waals surface area contributed by atoms with Gasteiger partial charge in [-0.2, -0.15) is 12.6 Å². The molecule has 21 heavy (non-hydrogen) atoms. The van der Waals surface area contributed by atoms with E-state index in [1.807, 2.05) is 27.7 Å². The molecule has 1 saturated heterocycles. The van der Waals surface area contributed by atoms with Crippen LogP contribution in [0.5, 0.6) is 0 Å². The topological polar surface area (TPSA) is 18.5 Å². The zero-order valence-electron chi connectivity index (χ0n) is 12.6. The van der Waals surface area contributed by atoms with Gasteiger partial charge in [0.2, 0.25) is 0 Å². The number of thiol groups is 1. The summed E-state index contributed by atoms with van der Waals surface area (Å²) in [6.07, 6.45) is 1.60. The van der Waals surface area contributed by atoms with Gasteiger partial charge in [0.05, 0.1) is 11.2 Å². The van der Waals surface area contributed by atoms with Gasteiger partial charge < -0.3 is 9.31 Å². The zero-order valence-corrected chi connectivity index (χ0v) is 13.5. The Bertz CT molecular complexity index is 557. The molecule has 0 atom stereocenters. The van der Waals surface area contributed by atoms with Crippen LogP contribution in [-0.2, 0) is 9.31 Å². The molecular weight excluding hydrogens is 293 g/mol. The highest BCUT2D eigenvalue weighted by Crippen LogP contribution is 2.39. The molecule has 1 fully saturated rings. The number of hydrogen-bond donors (Lipinski definition) is 1. The summed E-state index contributed by atoms with van der Waals surface area (Å²) >= 11 is 4.26. The van der Waals surface area contributed by atoms with E-state index in [2.05, 4.69) is 12.6 Å². The molecule has 0 bridgehead atoms. The molecular formula is C15H19BF2O2S. The normalized spacial score (nSPS) is 20.9. The van der Waals surface area contributed by atoms with Gasteiger partial charge in [-0.25, -0.2) is 8.78 Å². The van der Waals surface area contributed by atoms with E-state index in [-0.39, 0.29) is 5.56 Å². The molecule has 1 aliphatic rings. The van der Waals surface area contributed by atoms with Gasteiger partial charge in [-0.05, 0) is 45.3 Å². The van der Waals surface area contributed by atoms with E-state index >= 15 is 0 Å². The Labute approximate surface area is 130 Å². The third-order valence-electron chi connectivity index (χ3n) is 4.04. The standard InChI is InChI=1S/C15H19BF2O2S/c1-14(2)15(3,4)20-16(19-14)11(9-21)7-10-5-6-12(17)8-13(10)18/h5-8,21H,9H2,1-4H3. The second kappa shape index (κ2) is 5.74. The van der Waals surface area contributed by atoms with Crippen molar-refractivity contribution in [2.75, 3.05) is 5.75 Å². The zero-order chi connectivity index (χ0) is 15.8. The lowest BCUT2D eigenvalue weighted by molar-refractivity contribution is 0.00578. The van der Waals surface area contributed by atoms with Crippen LogP contribution in [0.3, 0.4) is 0 Å². The Morgan fingerprint density at radius 3 is 2.24 bits per heavy atom. The summed E-state index contributed by atoms with van der Waals surface area (Å²) < 4.78 is 38.5. The van der Waals surface area contributed by atoms with E-state index < -0.39 is 30.0 Å². The highest BCUT2D eigenvalue weighted by atomic mass is 32.1. The van der Waals surface area contributed by atoms with Gasteiger partial charge in [0.15, 0.2) is 0 Å². The maximum Gasteiger partial charge on any atom is 0.491 e. The second-order valence-corrected chi connectivity index (χ2v) is 6.45. The first-order chi connectivity index (χ1) is 9.66. The molecule has 0 radical (unpaired) electrons. The van der Waals surface area contributed by atoms with Gasteiger partial charge in [0, 0.05) is 17.4 Å². The van der Waals surface area contributed by atoms with Crippen LogP contribution in [0.25, 0.3) is 6.08 Å². The Morgan fingerprint density at radius 1 is 1.19 bits per heavy atom. The first-order valence-electron chi connectivity index (χ1n) is 6.78. The van der Waals surface area contributed by atoms with Crippen molar-refractivity contribution in [3.63, 3.8) is 0 Å². The van der Waals surface area contributed by atoms with Crippen LogP contribution in [0.2, 0.25) is 0 Å². The molecule has 0 unspecified atom stereocenters. The minimum absolute atomic E-state index is 0.287. The number of benzene rings is 1. The number of hydrogen-bond acceptors (Lipinski definition) is 3. The van der Waals surface area contributed by atoms with Crippen molar-refractivity contribution in [2.24, 2.45) is 0 Å². The second-order valence-electron chi connectivity index (χ2n) is 6.13. The van der Waals surface area contributed by atoms with Gasteiger partial charge in [-0.15, -0.1) is 0 Å². The van der Waals surface area contributed by atoms with Gasteiger partial charge in [0.25, 0.3) is 0 Å². The van der Waals surface area contributed by atoms with E-state index in [1.54, 1.807) is 6.08 Å². The number of rotatable bonds is 3. The van der Waals surface area contributed by atoms with Gasteiger partial charge in [-0.3, -0.25) is 0 Å². The summed E-state index contributed by atoms with van der Waals surface area (Å²) in [4.78, 5) is 0. The van der Waals surface area contributed by atoms with Gasteiger partial charge in [-0.1, -0.05) is 6.08 Å². The number of halogens is 2. The first kappa shape index (κ1) is 16.5. The van der Waals surface area contributed by atoms with Crippen LogP contribution in [0.15, 0.2) is 23.7 Å². The maximum absolute atomic E-state index is 13.7. The van der Waals surface area contributed by atoms with Crippen LogP contribution < -0.4 is 0 Å². The van der Waals surface area contributed by atoms with Crippen LogP contribution >= 0.6 is 12.6 Å². The molecule has 0 saturated carbocycles. The molecule has 0 aromatic heterocycles. The molecule has 0 aliphatic carbocycles. The van der Waals surface area contributed by atoms with Crippen molar-refractivity contribution in [3.8, 4) is 0 Å². The summed E-state index contributed by atoms with van der Waals surface area (Å²) in [7, 11) is -0.586. The lowest BCUT2D eigenvalue weighted by atomic mass is 9.78. The summed E-state index contributed by atoms with van der Waals surface area (Å²) in [5.74, 6) is -0.869. The molecule has 1 aromatic rings. The summed E-state index contributed by atoms with van der Waals surface area (Å²) in [6.45, 7) is 7.78. The SMILES string of the molecule is CC1(C)OB(C(=Cc2ccc(F)cc2F)CS)OC1(C)C. The molecule has 0 spiro atoms. The average Bonchev–Trinajstić information content (AvgIpc) is 2.57. The van der Waals surface area contributed by atoms with Crippen LogP contribution in [0, 0.1) is 11.6 Å². The van der Waals surface area contributed by atoms with Gasteiger partial charge >= 0.3 is 7.12 Å². The van der Waals surface area contributed by atoms with E-state index in [9.17, 15) is 8.78 Å². The lowest BCUT2D eigenvalue weighted by Crippen LogP contribution is -2.41. The van der Waals surface area contributed by atoms with Crippen LogP contribution in [-0.4, -0.2) is 24.1 Å². The molecule has 0 amide bonds. The minimum atomic E-state index is -0.620. The van der Waals surface area contributed by atoms with Crippen LogP contribution in [0.4, 0.5) is 8.78 Å². The highest BCUT2D eigenvalue weighted by Gasteiger charge is 2.52. The summed E-state index contributed by atoms with van der Waals surface area (Å²) in [6, 6.07) is 3.46. The predicted molar refractivity (Wildman–Crippen MR) is 84.3 cm³/mol. The molecule has 0 N–H and O–H groups in total. The Hall–Kier alpha value is -0.845.